The third-order valence-electron chi connectivity index (χ3n) is 12.1. The molecule has 4 saturated carbocycles. The molecule has 214 valence electrons. The molecule has 5 fully saturated rings. The van der Waals surface area contributed by atoms with E-state index in [1.807, 2.05) is 0 Å². The fourth-order valence-corrected chi connectivity index (χ4v) is 9.91. The molecule has 6 rings (SSSR count). The Kier molecular flexibility index (Phi) is 6.78. The van der Waals surface area contributed by atoms with Crippen LogP contribution in [0.15, 0.2) is 11.6 Å². The van der Waals surface area contributed by atoms with Crippen LogP contribution < -0.4 is 0 Å². The Labute approximate surface area is 224 Å². The Morgan fingerprint density at radius 1 is 1.00 bits per heavy atom. The van der Waals surface area contributed by atoms with Crippen LogP contribution >= 0.6 is 0 Å². The number of hydrogen-bond acceptors (Lipinski definition) is 9. The Morgan fingerprint density at radius 3 is 2.50 bits per heavy atom. The number of aliphatic hydroxyl groups excluding tert-OH is 4. The molecule has 0 aromatic rings. The third kappa shape index (κ3) is 3.80. The minimum Gasteiger partial charge on any atom is -0.458 e. The van der Waals surface area contributed by atoms with Gasteiger partial charge in [-0.1, -0.05) is 6.92 Å². The Morgan fingerprint density at radius 2 is 1.79 bits per heavy atom. The van der Waals surface area contributed by atoms with Gasteiger partial charge in [-0.3, -0.25) is 0 Å². The van der Waals surface area contributed by atoms with Crippen LogP contribution in [0.4, 0.5) is 0 Å². The lowest BCUT2D eigenvalue weighted by atomic mass is 9.43. The zero-order valence-electron chi connectivity index (χ0n) is 22.5. The molecule has 5 N–H and O–H groups in total. The number of rotatable bonds is 4. The molecule has 0 spiro atoms. The smallest absolute Gasteiger partial charge is 0.331 e. The van der Waals surface area contributed by atoms with Gasteiger partial charge in [0.25, 0.3) is 0 Å². The highest BCUT2D eigenvalue weighted by atomic mass is 16.7. The lowest BCUT2D eigenvalue weighted by Gasteiger charge is -2.64. The molecule has 0 aromatic carbocycles. The average Bonchev–Trinajstić information content (AvgIpc) is 3.45. The van der Waals surface area contributed by atoms with E-state index in [0.717, 1.165) is 50.5 Å². The summed E-state index contributed by atoms with van der Waals surface area (Å²) in [7, 11) is 0. The summed E-state index contributed by atoms with van der Waals surface area (Å²) in [5.74, 6) is 0.414. The number of ether oxygens (including phenoxy) is 3. The minimum atomic E-state index is -1.32. The number of hydrogen-bond donors (Lipinski definition) is 5. The predicted octanol–water partition coefficient (Wildman–Crippen LogP) is 1.43. The van der Waals surface area contributed by atoms with Crippen LogP contribution in [0.5, 0.6) is 0 Å². The number of esters is 1. The molecular weight excluding hydrogens is 492 g/mol. The lowest BCUT2D eigenvalue weighted by molar-refractivity contribution is -0.311. The lowest BCUT2D eigenvalue weighted by Crippen LogP contribution is -2.64. The Hall–Kier alpha value is -1.07. The summed E-state index contributed by atoms with van der Waals surface area (Å²) >= 11 is 0. The molecule has 2 heterocycles. The van der Waals surface area contributed by atoms with Crippen LogP contribution in [-0.4, -0.2) is 87.1 Å². The van der Waals surface area contributed by atoms with Gasteiger partial charge in [-0.2, -0.15) is 0 Å². The molecule has 9 heteroatoms. The summed E-state index contributed by atoms with van der Waals surface area (Å²) < 4.78 is 17.1. The van der Waals surface area contributed by atoms with E-state index >= 15 is 0 Å². The second-order valence-corrected chi connectivity index (χ2v) is 13.4. The van der Waals surface area contributed by atoms with Crippen molar-refractivity contribution < 1.29 is 44.5 Å². The molecule has 0 unspecified atom stereocenters. The molecule has 1 saturated heterocycles. The molecule has 6 aliphatic rings. The number of carbonyl (C=O) groups excluding carboxylic acids is 1. The number of fused-ring (bicyclic) bond motifs is 5. The highest BCUT2D eigenvalue weighted by Crippen LogP contribution is 2.70. The van der Waals surface area contributed by atoms with Crippen molar-refractivity contribution in [2.45, 2.75) is 114 Å². The monoisotopic (exact) mass is 536 g/mol. The molecule has 2 aliphatic heterocycles. The van der Waals surface area contributed by atoms with Crippen LogP contribution in [0, 0.1) is 34.5 Å². The first-order chi connectivity index (χ1) is 18.0. The molecule has 38 heavy (non-hydrogen) atoms. The van der Waals surface area contributed by atoms with Gasteiger partial charge >= 0.3 is 5.97 Å². The van der Waals surface area contributed by atoms with Crippen LogP contribution in [0.25, 0.3) is 0 Å². The van der Waals surface area contributed by atoms with Crippen LogP contribution in [0.1, 0.15) is 71.6 Å². The van der Waals surface area contributed by atoms with Crippen LogP contribution in [-0.2, 0) is 19.0 Å². The molecular formula is C29H44O9. The van der Waals surface area contributed by atoms with Gasteiger partial charge in [-0.15, -0.1) is 0 Å². The topological polar surface area (TPSA) is 146 Å². The zero-order valence-corrected chi connectivity index (χ0v) is 22.5. The van der Waals surface area contributed by atoms with Gasteiger partial charge in [0.15, 0.2) is 6.29 Å². The second-order valence-electron chi connectivity index (χ2n) is 13.4. The third-order valence-corrected chi connectivity index (χ3v) is 12.1. The molecule has 0 amide bonds. The van der Waals surface area contributed by atoms with Gasteiger partial charge in [0.2, 0.25) is 0 Å². The molecule has 0 bridgehead atoms. The van der Waals surface area contributed by atoms with Crippen molar-refractivity contribution in [1.29, 1.82) is 0 Å². The molecule has 9 nitrogen and oxygen atoms in total. The molecule has 4 aliphatic carbocycles. The van der Waals surface area contributed by atoms with Gasteiger partial charge < -0.3 is 39.7 Å². The van der Waals surface area contributed by atoms with E-state index in [2.05, 4.69) is 6.92 Å². The van der Waals surface area contributed by atoms with Crippen molar-refractivity contribution >= 4 is 5.97 Å². The van der Waals surface area contributed by atoms with Crippen molar-refractivity contribution in [3.8, 4) is 0 Å². The maximum Gasteiger partial charge on any atom is 0.331 e. The number of aliphatic hydroxyl groups is 5. The van der Waals surface area contributed by atoms with Crippen LogP contribution in [0.3, 0.4) is 0 Å². The predicted molar refractivity (Wildman–Crippen MR) is 134 cm³/mol. The van der Waals surface area contributed by atoms with Gasteiger partial charge in [-0.05, 0) is 99.4 Å². The quantitative estimate of drug-likeness (QED) is 0.266. The first-order valence-electron chi connectivity index (χ1n) is 14.6. The minimum absolute atomic E-state index is 0.0831. The van der Waals surface area contributed by atoms with Gasteiger partial charge in [0, 0.05) is 18.1 Å². The first kappa shape index (κ1) is 27.1. The maximum absolute atomic E-state index is 12.4. The van der Waals surface area contributed by atoms with E-state index in [4.69, 9.17) is 14.2 Å². The van der Waals surface area contributed by atoms with Gasteiger partial charge in [0.1, 0.15) is 24.9 Å². The summed E-state index contributed by atoms with van der Waals surface area (Å²) in [5.41, 5.74) is -0.401. The second kappa shape index (κ2) is 9.50. The standard InChI is InChI=1S/C29H44O9/c1-15-23(32)24(33)25(34)26(37-15)38-18-5-9-28(14-30)17(12-18)3-4-21-20(28)6-8-27(2)19(7-10-29(21,27)35)16-11-22(31)36-13-16/h11,15,17-21,23-26,30,32-35H,3-10,12-14H2,1-2H3/t15-,17-,18+,19-,20-,21-,23-,24+,25+,26-,27-,28-,29+/m1/s1. The van der Waals surface area contributed by atoms with Gasteiger partial charge in [0.05, 0.1) is 17.8 Å². The highest BCUT2D eigenvalue weighted by Gasteiger charge is 2.68. The summed E-state index contributed by atoms with van der Waals surface area (Å²) in [6.07, 6.45) is 3.35. The van der Waals surface area contributed by atoms with E-state index < -0.39 is 36.3 Å². The zero-order chi connectivity index (χ0) is 27.0. The van der Waals surface area contributed by atoms with E-state index in [-0.39, 0.29) is 53.2 Å². The van der Waals surface area contributed by atoms with Crippen LogP contribution in [0.2, 0.25) is 0 Å². The summed E-state index contributed by atoms with van der Waals surface area (Å²) in [6, 6.07) is 0. The summed E-state index contributed by atoms with van der Waals surface area (Å²) in [4.78, 5) is 11.8. The van der Waals surface area contributed by atoms with E-state index in [0.29, 0.717) is 19.4 Å². The molecule has 13 atom stereocenters. The molecule has 0 aromatic heterocycles. The summed E-state index contributed by atoms with van der Waals surface area (Å²) in [6.45, 7) is 4.27. The largest absolute Gasteiger partial charge is 0.458 e. The number of carbonyl (C=O) groups is 1. The highest BCUT2D eigenvalue weighted by molar-refractivity contribution is 5.85. The number of cyclic esters (lactones) is 1. The van der Waals surface area contributed by atoms with Crippen molar-refractivity contribution in [3.05, 3.63) is 11.6 Å². The van der Waals surface area contributed by atoms with Crippen molar-refractivity contribution in [1.82, 2.24) is 0 Å². The van der Waals surface area contributed by atoms with Crippen molar-refractivity contribution in [3.63, 3.8) is 0 Å². The van der Waals surface area contributed by atoms with E-state index in [1.165, 1.54) is 0 Å². The molecule has 0 radical (unpaired) electrons. The Bertz CT molecular complexity index is 970. The van der Waals surface area contributed by atoms with E-state index in [1.54, 1.807) is 13.0 Å². The Balaban J connectivity index is 1.19. The average molecular weight is 537 g/mol. The fraction of sp³-hybridized carbons (Fsp3) is 0.897. The SMILES string of the molecule is C[C@H]1O[C@H](O[C@H]2CC[C@@]3(CO)[C@H](CC[C@@H]4[C@H]3CC[C@]3(C)[C@@H](C5=CC(=O)OC5)CC[C@]43O)C2)[C@@H](O)[C@@H](O)[C@@H]1O. The fourth-order valence-electron chi connectivity index (χ4n) is 9.91. The van der Waals surface area contributed by atoms with Crippen molar-refractivity contribution in [2.24, 2.45) is 34.5 Å². The van der Waals surface area contributed by atoms with Crippen molar-refractivity contribution in [2.75, 3.05) is 13.2 Å². The first-order valence-corrected chi connectivity index (χ1v) is 14.6. The van der Waals surface area contributed by atoms with Gasteiger partial charge in [-0.25, -0.2) is 4.79 Å². The van der Waals surface area contributed by atoms with E-state index in [9.17, 15) is 30.3 Å². The maximum atomic E-state index is 12.4. The summed E-state index contributed by atoms with van der Waals surface area (Å²) in [5, 5.41) is 53.9. The normalized spacial score (nSPS) is 54.5.